The monoisotopic (exact) mass is 359 g/mol. The minimum atomic E-state index is 0.665. The number of fused-ring (bicyclic) bond motifs is 1. The van der Waals surface area contributed by atoms with Gasteiger partial charge in [-0.25, -0.2) is 19.9 Å². The SMILES string of the molecule is CN(Cc1nc(N2CCOCC2)c2ncn(C)c2n1)Cc1nccs1. The molecule has 3 aromatic rings. The number of anilines is 1. The highest BCUT2D eigenvalue weighted by Gasteiger charge is 2.20. The number of aryl methyl sites for hydroxylation is 1. The number of nitrogens with zero attached hydrogens (tertiary/aromatic N) is 7. The van der Waals surface area contributed by atoms with Crippen LogP contribution in [0.2, 0.25) is 0 Å². The summed E-state index contributed by atoms with van der Waals surface area (Å²) >= 11 is 1.66. The summed E-state index contributed by atoms with van der Waals surface area (Å²) in [5, 5.41) is 3.09. The fourth-order valence-electron chi connectivity index (χ4n) is 2.96. The molecule has 0 atom stereocenters. The van der Waals surface area contributed by atoms with Crippen molar-refractivity contribution in [3.63, 3.8) is 0 Å². The first kappa shape index (κ1) is 16.4. The molecular weight excluding hydrogens is 338 g/mol. The van der Waals surface area contributed by atoms with Gasteiger partial charge in [-0.05, 0) is 7.05 Å². The third-order valence-electron chi connectivity index (χ3n) is 4.20. The minimum Gasteiger partial charge on any atom is -0.378 e. The Bertz CT molecular complexity index is 842. The van der Waals surface area contributed by atoms with Gasteiger partial charge in [-0.3, -0.25) is 4.90 Å². The molecule has 0 unspecified atom stereocenters. The van der Waals surface area contributed by atoms with Gasteiger partial charge < -0.3 is 14.2 Å². The second-order valence-corrected chi connectivity index (χ2v) is 7.17. The molecule has 3 aromatic heterocycles. The molecule has 0 spiro atoms. The Balaban J connectivity index is 1.63. The molecule has 4 rings (SSSR count). The van der Waals surface area contributed by atoms with E-state index in [1.54, 1.807) is 17.7 Å². The Labute approximate surface area is 150 Å². The minimum absolute atomic E-state index is 0.665. The van der Waals surface area contributed by atoms with Crippen molar-refractivity contribution in [2.45, 2.75) is 13.1 Å². The molecule has 25 heavy (non-hydrogen) atoms. The summed E-state index contributed by atoms with van der Waals surface area (Å²) in [7, 11) is 4.03. The molecule has 8 nitrogen and oxygen atoms in total. The molecule has 132 valence electrons. The maximum atomic E-state index is 5.47. The Morgan fingerprint density at radius 1 is 1.20 bits per heavy atom. The van der Waals surface area contributed by atoms with Crippen LogP contribution in [0.15, 0.2) is 17.9 Å². The van der Waals surface area contributed by atoms with Crippen molar-refractivity contribution in [3.05, 3.63) is 28.7 Å². The van der Waals surface area contributed by atoms with Crippen LogP contribution < -0.4 is 4.90 Å². The van der Waals surface area contributed by atoms with E-state index in [9.17, 15) is 0 Å². The van der Waals surface area contributed by atoms with E-state index in [1.807, 2.05) is 23.2 Å². The second kappa shape index (κ2) is 7.03. The van der Waals surface area contributed by atoms with Crippen molar-refractivity contribution in [1.82, 2.24) is 29.4 Å². The van der Waals surface area contributed by atoms with Crippen molar-refractivity contribution in [2.24, 2.45) is 7.05 Å². The molecule has 1 aliphatic rings. The number of aromatic nitrogens is 5. The van der Waals surface area contributed by atoms with Crippen molar-refractivity contribution in [1.29, 1.82) is 0 Å². The average molecular weight is 359 g/mol. The van der Waals surface area contributed by atoms with Crippen molar-refractivity contribution in [3.8, 4) is 0 Å². The summed E-state index contributed by atoms with van der Waals surface area (Å²) in [5.41, 5.74) is 1.73. The van der Waals surface area contributed by atoms with E-state index in [2.05, 4.69) is 26.8 Å². The lowest BCUT2D eigenvalue weighted by atomic mass is 10.3. The number of ether oxygens (including phenoxy) is 1. The second-order valence-electron chi connectivity index (χ2n) is 6.19. The van der Waals surface area contributed by atoms with Crippen LogP contribution in [0.1, 0.15) is 10.8 Å². The number of rotatable bonds is 5. The van der Waals surface area contributed by atoms with E-state index >= 15 is 0 Å². The first-order valence-corrected chi connectivity index (χ1v) is 9.16. The lowest BCUT2D eigenvalue weighted by Crippen LogP contribution is -2.37. The van der Waals surface area contributed by atoms with Gasteiger partial charge in [-0.15, -0.1) is 11.3 Å². The van der Waals surface area contributed by atoms with Gasteiger partial charge in [0.25, 0.3) is 0 Å². The van der Waals surface area contributed by atoms with Crippen molar-refractivity contribution >= 4 is 28.3 Å². The molecular formula is C16H21N7OS. The number of hydrogen-bond acceptors (Lipinski definition) is 8. The predicted octanol–water partition coefficient (Wildman–Crippen LogP) is 1.29. The van der Waals surface area contributed by atoms with Crippen molar-refractivity contribution < 1.29 is 4.74 Å². The predicted molar refractivity (Wildman–Crippen MR) is 96.6 cm³/mol. The van der Waals surface area contributed by atoms with Gasteiger partial charge in [0.15, 0.2) is 17.0 Å². The fourth-order valence-corrected chi connectivity index (χ4v) is 3.66. The quantitative estimate of drug-likeness (QED) is 0.680. The number of hydrogen-bond donors (Lipinski definition) is 0. The normalized spacial score (nSPS) is 15.4. The van der Waals surface area contributed by atoms with Gasteiger partial charge in [0.05, 0.1) is 32.6 Å². The zero-order valence-corrected chi connectivity index (χ0v) is 15.2. The maximum absolute atomic E-state index is 5.47. The van der Waals surface area contributed by atoms with Gasteiger partial charge in [0.1, 0.15) is 10.8 Å². The molecule has 0 aromatic carbocycles. The van der Waals surface area contributed by atoms with Crippen LogP contribution in [0.3, 0.4) is 0 Å². The third kappa shape index (κ3) is 3.48. The van der Waals surface area contributed by atoms with Gasteiger partial charge in [0.2, 0.25) is 0 Å². The van der Waals surface area contributed by atoms with Crippen LogP contribution in [0.25, 0.3) is 11.2 Å². The van der Waals surface area contributed by atoms with Gasteiger partial charge in [-0.1, -0.05) is 0 Å². The molecule has 1 saturated heterocycles. The molecule has 0 saturated carbocycles. The Kier molecular flexibility index (Phi) is 4.60. The van der Waals surface area contributed by atoms with Crippen LogP contribution >= 0.6 is 11.3 Å². The first-order chi connectivity index (χ1) is 12.2. The Morgan fingerprint density at radius 3 is 2.80 bits per heavy atom. The lowest BCUT2D eigenvalue weighted by molar-refractivity contribution is 0.122. The third-order valence-corrected chi connectivity index (χ3v) is 4.96. The molecule has 1 aliphatic heterocycles. The average Bonchev–Trinajstić information content (AvgIpc) is 3.25. The van der Waals surface area contributed by atoms with Crippen LogP contribution in [0.5, 0.6) is 0 Å². The van der Waals surface area contributed by atoms with Crippen LogP contribution in [0.4, 0.5) is 5.82 Å². The molecule has 4 heterocycles. The summed E-state index contributed by atoms with van der Waals surface area (Å²) in [6.45, 7) is 4.55. The Morgan fingerprint density at radius 2 is 2.04 bits per heavy atom. The topological polar surface area (TPSA) is 72.2 Å². The number of thiazole rings is 1. The highest BCUT2D eigenvalue weighted by Crippen LogP contribution is 2.23. The van der Waals surface area contributed by atoms with E-state index < -0.39 is 0 Å². The molecule has 0 aliphatic carbocycles. The lowest BCUT2D eigenvalue weighted by Gasteiger charge is -2.28. The summed E-state index contributed by atoms with van der Waals surface area (Å²) in [4.78, 5) is 22.8. The maximum Gasteiger partial charge on any atom is 0.165 e. The standard InChI is InChI=1S/C16H21N7OS/c1-21(10-13-17-3-8-25-13)9-12-19-15-14(18-11-22(15)2)16(20-12)23-4-6-24-7-5-23/h3,8,11H,4-7,9-10H2,1-2H3. The highest BCUT2D eigenvalue weighted by atomic mass is 32.1. The van der Waals surface area contributed by atoms with E-state index in [-0.39, 0.29) is 0 Å². The van der Waals surface area contributed by atoms with Crippen LogP contribution in [0, 0.1) is 0 Å². The summed E-state index contributed by atoms with van der Waals surface area (Å²) in [6, 6.07) is 0. The first-order valence-electron chi connectivity index (χ1n) is 8.28. The van der Waals surface area contributed by atoms with E-state index in [0.29, 0.717) is 6.54 Å². The summed E-state index contributed by atoms with van der Waals surface area (Å²) in [6.07, 6.45) is 3.63. The van der Waals surface area contributed by atoms with Gasteiger partial charge >= 0.3 is 0 Å². The zero-order chi connectivity index (χ0) is 17.2. The van der Waals surface area contributed by atoms with Crippen LogP contribution in [-0.2, 0) is 24.9 Å². The summed E-state index contributed by atoms with van der Waals surface area (Å²) < 4.78 is 7.42. The molecule has 0 N–H and O–H groups in total. The molecule has 0 bridgehead atoms. The van der Waals surface area contributed by atoms with Crippen LogP contribution in [-0.4, -0.2) is 62.8 Å². The van der Waals surface area contributed by atoms with E-state index in [0.717, 1.165) is 60.7 Å². The van der Waals surface area contributed by atoms with E-state index in [1.165, 1.54) is 0 Å². The zero-order valence-electron chi connectivity index (χ0n) is 14.4. The smallest absolute Gasteiger partial charge is 0.165 e. The molecule has 0 radical (unpaired) electrons. The molecule has 9 heteroatoms. The number of morpholine rings is 1. The highest BCUT2D eigenvalue weighted by molar-refractivity contribution is 7.09. The molecule has 1 fully saturated rings. The summed E-state index contributed by atoms with van der Waals surface area (Å²) in [5.74, 6) is 1.71. The van der Waals surface area contributed by atoms with E-state index in [4.69, 9.17) is 14.7 Å². The van der Waals surface area contributed by atoms with Crippen molar-refractivity contribution in [2.75, 3.05) is 38.3 Å². The number of imidazole rings is 1. The van der Waals surface area contributed by atoms with Gasteiger partial charge in [0, 0.05) is 31.7 Å². The molecule has 0 amide bonds. The van der Waals surface area contributed by atoms with Gasteiger partial charge in [-0.2, -0.15) is 0 Å². The Hall–Kier alpha value is -2.10. The largest absolute Gasteiger partial charge is 0.378 e. The fraction of sp³-hybridized carbons (Fsp3) is 0.500.